The third-order valence-electron chi connectivity index (χ3n) is 7.18. The zero-order valence-corrected chi connectivity index (χ0v) is 16.9. The highest BCUT2D eigenvalue weighted by atomic mass is 16.4. The van der Waals surface area contributed by atoms with E-state index < -0.39 is 11.9 Å². The molecule has 1 unspecified atom stereocenters. The predicted molar refractivity (Wildman–Crippen MR) is 108 cm³/mol. The van der Waals surface area contributed by atoms with Crippen molar-refractivity contribution in [2.75, 3.05) is 6.54 Å². The standard InChI is InChI=1S/C23H30N2O4/c1-14(21(27)28)12-24-20(26)19-4-2-15(3-5-19)13-25-22(29)23-9-16-6-17(10-23)8-18(7-16)11-23/h2-5,14,16-18H,6-13H2,1H3,(H,24,26)(H,25,29)(H,27,28). The van der Waals surface area contributed by atoms with Crippen molar-refractivity contribution in [1.82, 2.24) is 10.6 Å². The van der Waals surface area contributed by atoms with E-state index in [0.29, 0.717) is 12.1 Å². The number of hydrogen-bond donors (Lipinski definition) is 3. The Morgan fingerprint density at radius 2 is 1.55 bits per heavy atom. The van der Waals surface area contributed by atoms with Crippen molar-refractivity contribution in [2.24, 2.45) is 29.1 Å². The molecule has 4 bridgehead atoms. The second-order valence-electron chi connectivity index (χ2n) is 9.53. The van der Waals surface area contributed by atoms with Crippen LogP contribution in [0.3, 0.4) is 0 Å². The normalized spacial score (nSPS) is 30.6. The van der Waals surface area contributed by atoms with Crippen LogP contribution in [0.15, 0.2) is 24.3 Å². The first-order valence-electron chi connectivity index (χ1n) is 10.7. The number of nitrogens with one attached hydrogen (secondary N) is 2. The van der Waals surface area contributed by atoms with Crippen molar-refractivity contribution in [3.63, 3.8) is 0 Å². The first-order chi connectivity index (χ1) is 13.8. The van der Waals surface area contributed by atoms with Crippen LogP contribution >= 0.6 is 0 Å². The molecule has 4 aliphatic carbocycles. The van der Waals surface area contributed by atoms with Crippen LogP contribution < -0.4 is 10.6 Å². The molecule has 4 aliphatic rings. The van der Waals surface area contributed by atoms with Crippen LogP contribution in [0.5, 0.6) is 0 Å². The minimum absolute atomic E-state index is 0.0943. The van der Waals surface area contributed by atoms with Crippen molar-refractivity contribution in [1.29, 1.82) is 0 Å². The number of carbonyl (C=O) groups excluding carboxylic acids is 2. The van der Waals surface area contributed by atoms with Crippen LogP contribution in [-0.4, -0.2) is 29.4 Å². The highest BCUT2D eigenvalue weighted by Crippen LogP contribution is 2.60. The van der Waals surface area contributed by atoms with Crippen molar-refractivity contribution in [3.05, 3.63) is 35.4 Å². The monoisotopic (exact) mass is 398 g/mol. The summed E-state index contributed by atoms with van der Waals surface area (Å²) >= 11 is 0. The summed E-state index contributed by atoms with van der Waals surface area (Å²) in [6, 6.07) is 7.12. The van der Waals surface area contributed by atoms with E-state index in [9.17, 15) is 14.4 Å². The summed E-state index contributed by atoms with van der Waals surface area (Å²) in [6.45, 7) is 2.12. The van der Waals surface area contributed by atoms with E-state index in [4.69, 9.17) is 5.11 Å². The minimum Gasteiger partial charge on any atom is -0.481 e. The number of benzene rings is 1. The van der Waals surface area contributed by atoms with Gasteiger partial charge in [-0.2, -0.15) is 0 Å². The lowest BCUT2D eigenvalue weighted by Gasteiger charge is -2.55. The lowest BCUT2D eigenvalue weighted by Crippen LogP contribution is -2.53. The Bertz CT molecular complexity index is 766. The second kappa shape index (κ2) is 7.81. The molecule has 6 nitrogen and oxygen atoms in total. The number of rotatable bonds is 7. The van der Waals surface area contributed by atoms with E-state index in [1.807, 2.05) is 12.1 Å². The summed E-state index contributed by atoms with van der Waals surface area (Å²) in [6.07, 6.45) is 7.13. The summed E-state index contributed by atoms with van der Waals surface area (Å²) in [5, 5.41) is 14.7. The summed E-state index contributed by atoms with van der Waals surface area (Å²) in [5.74, 6) is 0.590. The molecule has 6 heteroatoms. The van der Waals surface area contributed by atoms with Gasteiger partial charge >= 0.3 is 5.97 Å². The number of aliphatic carboxylic acids is 1. The van der Waals surface area contributed by atoms with Gasteiger partial charge in [0.2, 0.25) is 5.91 Å². The van der Waals surface area contributed by atoms with Gasteiger partial charge in [-0.3, -0.25) is 14.4 Å². The average molecular weight is 399 g/mol. The van der Waals surface area contributed by atoms with Gasteiger partial charge in [0.1, 0.15) is 0 Å². The Kier molecular flexibility index (Phi) is 5.36. The van der Waals surface area contributed by atoms with Crippen LogP contribution in [0.4, 0.5) is 0 Å². The third kappa shape index (κ3) is 4.16. The summed E-state index contributed by atoms with van der Waals surface area (Å²) in [5.41, 5.74) is 1.30. The van der Waals surface area contributed by atoms with E-state index in [0.717, 1.165) is 42.6 Å². The second-order valence-corrected chi connectivity index (χ2v) is 9.53. The van der Waals surface area contributed by atoms with Gasteiger partial charge in [-0.25, -0.2) is 0 Å². The summed E-state index contributed by atoms with van der Waals surface area (Å²) in [4.78, 5) is 36.0. The lowest BCUT2D eigenvalue weighted by molar-refractivity contribution is -0.146. The third-order valence-corrected chi connectivity index (χ3v) is 7.18. The molecule has 0 aromatic heterocycles. The average Bonchev–Trinajstić information content (AvgIpc) is 2.69. The molecule has 0 saturated heterocycles. The van der Waals surface area contributed by atoms with E-state index >= 15 is 0 Å². The number of amides is 2. The van der Waals surface area contributed by atoms with Crippen LogP contribution in [-0.2, 0) is 16.1 Å². The maximum Gasteiger partial charge on any atom is 0.308 e. The minimum atomic E-state index is -0.935. The number of carbonyl (C=O) groups is 3. The molecule has 0 heterocycles. The molecular formula is C23H30N2O4. The first kappa shape index (κ1) is 19.9. The van der Waals surface area contributed by atoms with E-state index in [1.165, 1.54) is 19.3 Å². The van der Waals surface area contributed by atoms with Crippen LogP contribution in [0.25, 0.3) is 0 Å². The number of hydrogen-bond acceptors (Lipinski definition) is 3. The fourth-order valence-electron chi connectivity index (χ4n) is 5.97. The summed E-state index contributed by atoms with van der Waals surface area (Å²) < 4.78 is 0. The molecule has 0 aliphatic heterocycles. The quantitative estimate of drug-likeness (QED) is 0.658. The molecule has 0 spiro atoms. The molecule has 1 aromatic carbocycles. The van der Waals surface area contributed by atoms with Gasteiger partial charge in [0, 0.05) is 24.1 Å². The Morgan fingerprint density at radius 3 is 2.07 bits per heavy atom. The van der Waals surface area contributed by atoms with Crippen LogP contribution in [0, 0.1) is 29.1 Å². The zero-order valence-electron chi connectivity index (χ0n) is 16.9. The van der Waals surface area contributed by atoms with Gasteiger partial charge in [0.15, 0.2) is 0 Å². The van der Waals surface area contributed by atoms with E-state index in [1.54, 1.807) is 19.1 Å². The molecular weight excluding hydrogens is 368 g/mol. The van der Waals surface area contributed by atoms with Crippen molar-refractivity contribution >= 4 is 17.8 Å². The lowest BCUT2D eigenvalue weighted by atomic mass is 9.49. The highest BCUT2D eigenvalue weighted by Gasteiger charge is 2.54. The Hall–Kier alpha value is -2.37. The predicted octanol–water partition coefficient (Wildman–Crippen LogP) is 2.97. The molecule has 1 atom stereocenters. The van der Waals surface area contributed by atoms with Gasteiger partial charge in [-0.1, -0.05) is 19.1 Å². The first-order valence-corrected chi connectivity index (χ1v) is 10.7. The zero-order chi connectivity index (χ0) is 20.6. The largest absolute Gasteiger partial charge is 0.481 e. The number of carboxylic acids is 1. The molecule has 29 heavy (non-hydrogen) atoms. The van der Waals surface area contributed by atoms with Gasteiger partial charge < -0.3 is 15.7 Å². The van der Waals surface area contributed by atoms with E-state index in [2.05, 4.69) is 10.6 Å². The molecule has 3 N–H and O–H groups in total. The molecule has 1 aromatic rings. The van der Waals surface area contributed by atoms with Crippen molar-refractivity contribution in [2.45, 2.75) is 52.0 Å². The SMILES string of the molecule is CC(CNC(=O)c1ccc(CNC(=O)C23CC4CC(CC(C4)C2)C3)cc1)C(=O)O. The molecule has 4 fully saturated rings. The topological polar surface area (TPSA) is 95.5 Å². The molecule has 0 radical (unpaired) electrons. The van der Waals surface area contributed by atoms with Gasteiger partial charge in [0.25, 0.3) is 5.91 Å². The van der Waals surface area contributed by atoms with Gasteiger partial charge in [-0.15, -0.1) is 0 Å². The van der Waals surface area contributed by atoms with Gasteiger partial charge in [0.05, 0.1) is 5.92 Å². The highest BCUT2D eigenvalue weighted by molar-refractivity contribution is 5.94. The maximum atomic E-state index is 13.0. The van der Waals surface area contributed by atoms with Crippen molar-refractivity contribution < 1.29 is 19.5 Å². The molecule has 4 saturated carbocycles. The Morgan fingerprint density at radius 1 is 1.00 bits per heavy atom. The van der Waals surface area contributed by atoms with Crippen molar-refractivity contribution in [3.8, 4) is 0 Å². The fourth-order valence-corrected chi connectivity index (χ4v) is 5.97. The molecule has 156 valence electrons. The Labute approximate surface area is 171 Å². The molecule has 2 amide bonds. The van der Waals surface area contributed by atoms with Crippen LogP contribution in [0.2, 0.25) is 0 Å². The van der Waals surface area contributed by atoms with E-state index in [-0.39, 0.29) is 23.8 Å². The summed E-state index contributed by atoms with van der Waals surface area (Å²) in [7, 11) is 0. The smallest absolute Gasteiger partial charge is 0.308 e. The number of carboxylic acid groups (broad SMARTS) is 1. The molecule has 5 rings (SSSR count). The fraction of sp³-hybridized carbons (Fsp3) is 0.609. The maximum absolute atomic E-state index is 13.0. The van der Waals surface area contributed by atoms with Gasteiger partial charge in [-0.05, 0) is 74.0 Å². The Balaban J connectivity index is 1.30. The van der Waals surface area contributed by atoms with Crippen LogP contribution in [0.1, 0.15) is 61.4 Å².